The van der Waals surface area contributed by atoms with E-state index in [-0.39, 0.29) is 5.91 Å². The van der Waals surface area contributed by atoms with E-state index in [4.69, 9.17) is 9.15 Å². The third kappa shape index (κ3) is 3.51. The van der Waals surface area contributed by atoms with Gasteiger partial charge in [0.05, 0.1) is 30.1 Å². The summed E-state index contributed by atoms with van der Waals surface area (Å²) in [4.78, 5) is 19.8. The van der Waals surface area contributed by atoms with Crippen molar-refractivity contribution >= 4 is 32.6 Å². The van der Waals surface area contributed by atoms with E-state index in [1.807, 2.05) is 62.4 Å². The monoisotopic (exact) mass is 392 g/mol. The van der Waals surface area contributed by atoms with Gasteiger partial charge in [0.2, 0.25) is 0 Å². The lowest BCUT2D eigenvalue weighted by molar-refractivity contribution is 0.0982. The van der Waals surface area contributed by atoms with Gasteiger partial charge < -0.3 is 9.15 Å². The Hall–Kier alpha value is -3.12. The largest absolute Gasteiger partial charge is 0.497 e. The number of anilines is 1. The summed E-state index contributed by atoms with van der Waals surface area (Å²) in [6.45, 7) is 4.29. The van der Waals surface area contributed by atoms with Crippen molar-refractivity contribution < 1.29 is 13.9 Å². The quantitative estimate of drug-likeness (QED) is 0.459. The first kappa shape index (κ1) is 18.3. The summed E-state index contributed by atoms with van der Waals surface area (Å²) in [6.07, 6.45) is 1.61. The van der Waals surface area contributed by atoms with Gasteiger partial charge in [-0.05, 0) is 55.8 Å². The Labute approximate surface area is 167 Å². The van der Waals surface area contributed by atoms with Crippen LogP contribution in [0.4, 0.5) is 5.13 Å². The minimum Gasteiger partial charge on any atom is -0.497 e. The molecule has 0 N–H and O–H groups in total. The summed E-state index contributed by atoms with van der Waals surface area (Å²) in [7, 11) is 1.63. The van der Waals surface area contributed by atoms with Crippen molar-refractivity contribution in [2.75, 3.05) is 12.0 Å². The van der Waals surface area contributed by atoms with Crippen molar-refractivity contribution in [1.29, 1.82) is 0 Å². The minimum absolute atomic E-state index is 0.0973. The molecule has 0 aliphatic rings. The highest BCUT2D eigenvalue weighted by Crippen LogP contribution is 2.33. The van der Waals surface area contributed by atoms with Crippen LogP contribution in [0.25, 0.3) is 10.2 Å². The average molecular weight is 392 g/mol. The molecule has 2 aromatic carbocycles. The van der Waals surface area contributed by atoms with E-state index < -0.39 is 0 Å². The van der Waals surface area contributed by atoms with E-state index in [9.17, 15) is 4.79 Å². The number of fused-ring (bicyclic) bond motifs is 1. The van der Waals surface area contributed by atoms with Gasteiger partial charge in [0, 0.05) is 5.56 Å². The van der Waals surface area contributed by atoms with E-state index in [2.05, 4.69) is 4.98 Å². The number of furan rings is 1. The molecule has 0 radical (unpaired) electrons. The number of aryl methyl sites for hydroxylation is 2. The van der Waals surface area contributed by atoms with E-state index in [0.29, 0.717) is 23.0 Å². The minimum atomic E-state index is -0.0973. The molecule has 0 saturated heterocycles. The van der Waals surface area contributed by atoms with Crippen LogP contribution < -0.4 is 9.64 Å². The number of ether oxygens (including phenoxy) is 1. The number of nitrogens with zero attached hydrogens (tertiary/aromatic N) is 2. The first-order chi connectivity index (χ1) is 13.5. The standard InChI is InChI=1S/C22H20N2O3S/c1-14-6-8-18(15(2)11-14)21(25)24(13-17-5-4-10-27-17)22-23-19-9-7-16(26-3)12-20(19)28-22/h4-12H,13H2,1-3H3. The predicted octanol–water partition coefficient (Wildman–Crippen LogP) is 5.36. The molecule has 0 spiro atoms. The zero-order valence-electron chi connectivity index (χ0n) is 15.9. The van der Waals surface area contributed by atoms with E-state index in [1.54, 1.807) is 18.3 Å². The van der Waals surface area contributed by atoms with Crippen LogP contribution in [0.15, 0.2) is 59.2 Å². The lowest BCUT2D eigenvalue weighted by atomic mass is 10.0. The zero-order valence-corrected chi connectivity index (χ0v) is 16.7. The van der Waals surface area contributed by atoms with Crippen LogP contribution in [0.5, 0.6) is 5.75 Å². The molecule has 142 valence electrons. The molecule has 6 heteroatoms. The first-order valence-electron chi connectivity index (χ1n) is 8.91. The van der Waals surface area contributed by atoms with Crippen molar-refractivity contribution in [3.8, 4) is 5.75 Å². The fourth-order valence-electron chi connectivity index (χ4n) is 3.12. The molecule has 0 unspecified atom stereocenters. The number of rotatable bonds is 5. The van der Waals surface area contributed by atoms with Crippen LogP contribution in [-0.2, 0) is 6.54 Å². The second-order valence-corrected chi connectivity index (χ2v) is 7.63. The van der Waals surface area contributed by atoms with Gasteiger partial charge in [-0.1, -0.05) is 29.0 Å². The van der Waals surface area contributed by atoms with Crippen molar-refractivity contribution in [3.63, 3.8) is 0 Å². The Bertz CT molecular complexity index is 1130. The van der Waals surface area contributed by atoms with Gasteiger partial charge >= 0.3 is 0 Å². The third-order valence-electron chi connectivity index (χ3n) is 4.57. The predicted molar refractivity (Wildman–Crippen MR) is 111 cm³/mol. The van der Waals surface area contributed by atoms with Gasteiger partial charge in [-0.15, -0.1) is 0 Å². The van der Waals surface area contributed by atoms with Gasteiger partial charge in [-0.2, -0.15) is 0 Å². The van der Waals surface area contributed by atoms with Gasteiger partial charge in [-0.3, -0.25) is 9.69 Å². The average Bonchev–Trinajstić information content (AvgIpc) is 3.34. The van der Waals surface area contributed by atoms with Crippen LogP contribution in [0.1, 0.15) is 27.2 Å². The first-order valence-corrected chi connectivity index (χ1v) is 9.73. The topological polar surface area (TPSA) is 55.6 Å². The molecule has 0 aliphatic carbocycles. The molecule has 0 fully saturated rings. The molecule has 4 rings (SSSR count). The number of carbonyl (C=O) groups is 1. The molecule has 0 atom stereocenters. The van der Waals surface area contributed by atoms with Crippen molar-refractivity contribution in [2.45, 2.75) is 20.4 Å². The lowest BCUT2D eigenvalue weighted by Gasteiger charge is -2.20. The normalized spacial score (nSPS) is 11.0. The number of carbonyl (C=O) groups excluding carboxylic acids is 1. The number of amides is 1. The van der Waals surface area contributed by atoms with Gasteiger partial charge in [0.25, 0.3) is 5.91 Å². The highest BCUT2D eigenvalue weighted by molar-refractivity contribution is 7.22. The maximum Gasteiger partial charge on any atom is 0.260 e. The molecule has 5 nitrogen and oxygen atoms in total. The molecule has 28 heavy (non-hydrogen) atoms. The Balaban J connectivity index is 1.78. The zero-order chi connectivity index (χ0) is 19.7. The Morgan fingerprint density at radius 3 is 2.75 bits per heavy atom. The SMILES string of the molecule is COc1ccc2nc(N(Cc3ccco3)C(=O)c3ccc(C)cc3C)sc2c1. The number of aromatic nitrogens is 1. The number of hydrogen-bond donors (Lipinski definition) is 0. The van der Waals surface area contributed by atoms with Gasteiger partial charge in [0.1, 0.15) is 11.5 Å². The highest BCUT2D eigenvalue weighted by Gasteiger charge is 2.24. The fraction of sp³-hybridized carbons (Fsp3) is 0.182. The van der Waals surface area contributed by atoms with Crippen molar-refractivity contribution in [1.82, 2.24) is 4.98 Å². The van der Waals surface area contributed by atoms with Crippen LogP contribution in [0.2, 0.25) is 0 Å². The smallest absolute Gasteiger partial charge is 0.260 e. The Morgan fingerprint density at radius 2 is 2.04 bits per heavy atom. The Morgan fingerprint density at radius 1 is 1.18 bits per heavy atom. The van der Waals surface area contributed by atoms with E-state index in [0.717, 1.165) is 27.1 Å². The summed E-state index contributed by atoms with van der Waals surface area (Å²) in [6, 6.07) is 15.2. The maximum atomic E-state index is 13.4. The Kier molecular flexibility index (Phi) is 4.88. The third-order valence-corrected chi connectivity index (χ3v) is 5.61. The van der Waals surface area contributed by atoms with Crippen molar-refractivity contribution in [2.24, 2.45) is 0 Å². The number of benzene rings is 2. The second-order valence-electron chi connectivity index (χ2n) is 6.62. The maximum absolute atomic E-state index is 13.4. The molecule has 2 heterocycles. The molecule has 1 amide bonds. The van der Waals surface area contributed by atoms with Gasteiger partial charge in [0.15, 0.2) is 5.13 Å². The highest BCUT2D eigenvalue weighted by atomic mass is 32.1. The number of hydrogen-bond acceptors (Lipinski definition) is 5. The lowest BCUT2D eigenvalue weighted by Crippen LogP contribution is -2.30. The molecule has 0 saturated carbocycles. The van der Waals surface area contributed by atoms with E-state index in [1.165, 1.54) is 11.3 Å². The fourth-order valence-corrected chi connectivity index (χ4v) is 4.11. The van der Waals surface area contributed by atoms with Crippen LogP contribution >= 0.6 is 11.3 Å². The molecular formula is C22H20N2O3S. The molecule has 0 bridgehead atoms. The van der Waals surface area contributed by atoms with Crippen LogP contribution in [-0.4, -0.2) is 18.0 Å². The van der Waals surface area contributed by atoms with Crippen molar-refractivity contribution in [3.05, 3.63) is 77.2 Å². The molecule has 2 aromatic heterocycles. The summed E-state index contributed by atoms with van der Waals surface area (Å²) >= 11 is 1.46. The number of methoxy groups -OCH3 is 1. The second kappa shape index (κ2) is 7.48. The molecule has 0 aliphatic heterocycles. The summed E-state index contributed by atoms with van der Waals surface area (Å²) < 4.78 is 11.8. The number of thiazole rings is 1. The summed E-state index contributed by atoms with van der Waals surface area (Å²) in [5, 5.41) is 0.629. The van der Waals surface area contributed by atoms with Crippen LogP contribution in [0.3, 0.4) is 0 Å². The summed E-state index contributed by atoms with van der Waals surface area (Å²) in [5.74, 6) is 1.37. The van der Waals surface area contributed by atoms with Gasteiger partial charge in [-0.25, -0.2) is 4.98 Å². The summed E-state index contributed by atoms with van der Waals surface area (Å²) in [5.41, 5.74) is 3.56. The van der Waals surface area contributed by atoms with E-state index >= 15 is 0 Å². The molecule has 4 aromatic rings. The molecular weight excluding hydrogens is 372 g/mol. The van der Waals surface area contributed by atoms with Crippen LogP contribution in [0, 0.1) is 13.8 Å².